The fraction of sp³-hybridized carbons (Fsp3) is 0.250. The van der Waals surface area contributed by atoms with Crippen molar-refractivity contribution >= 4 is 23.0 Å². The molecule has 2 aromatic rings. The molecule has 0 saturated carbocycles. The van der Waals surface area contributed by atoms with E-state index in [9.17, 15) is 14.4 Å². The van der Waals surface area contributed by atoms with Crippen LogP contribution in [0.25, 0.3) is 11.1 Å². The number of hydrogen-bond donors (Lipinski definition) is 2. The Balaban J connectivity index is 2.14. The Kier molecular flexibility index (Phi) is 3.37. The minimum atomic E-state index is -1.16. The number of nitrogens with zero attached hydrogens (tertiary/aromatic N) is 1. The summed E-state index contributed by atoms with van der Waals surface area (Å²) in [7, 11) is 1.52. The number of aromatic amines is 1. The summed E-state index contributed by atoms with van der Waals surface area (Å²) in [5.74, 6) is -2.19. The van der Waals surface area contributed by atoms with Gasteiger partial charge in [-0.25, -0.2) is 4.79 Å². The number of aromatic nitrogens is 1. The van der Waals surface area contributed by atoms with Gasteiger partial charge in [0.25, 0.3) is 0 Å². The van der Waals surface area contributed by atoms with Gasteiger partial charge >= 0.3 is 11.7 Å². The Morgan fingerprint density at radius 1 is 1.42 bits per heavy atom. The maximum Gasteiger partial charge on any atom is 0.417 e. The lowest BCUT2D eigenvalue weighted by Crippen LogP contribution is -2.27. The zero-order valence-corrected chi connectivity index (χ0v) is 10.2. The average Bonchev–Trinajstić information content (AvgIpc) is 2.67. The first-order chi connectivity index (χ1) is 8.95. The molecule has 0 saturated heterocycles. The van der Waals surface area contributed by atoms with Crippen molar-refractivity contribution in [3.05, 3.63) is 34.3 Å². The minimum absolute atomic E-state index is 0.247. The fourth-order valence-corrected chi connectivity index (χ4v) is 1.71. The molecular formula is C12H12N2O5. The number of carboxylic acids is 1. The molecule has 1 aromatic carbocycles. The lowest BCUT2D eigenvalue weighted by molar-refractivity contribution is -0.143. The van der Waals surface area contributed by atoms with Crippen LogP contribution in [0.15, 0.2) is 27.4 Å². The Morgan fingerprint density at radius 3 is 2.84 bits per heavy atom. The molecule has 1 aromatic heterocycles. The van der Waals surface area contributed by atoms with Crippen molar-refractivity contribution in [1.82, 2.24) is 9.88 Å². The van der Waals surface area contributed by atoms with E-state index >= 15 is 0 Å². The second kappa shape index (κ2) is 4.97. The molecule has 1 amide bonds. The molecule has 0 unspecified atom stereocenters. The molecule has 0 spiro atoms. The standard InChI is InChI=1S/C12H12N2O5/c1-14(10(15)5-11(16)17)6-7-2-3-8-9(4-7)19-12(18)13-8/h2-4H,5-6H2,1H3,(H,13,18)(H,16,17). The number of hydrogen-bond acceptors (Lipinski definition) is 4. The third-order valence-electron chi connectivity index (χ3n) is 2.63. The first-order valence-corrected chi connectivity index (χ1v) is 5.53. The summed E-state index contributed by atoms with van der Waals surface area (Å²) >= 11 is 0. The van der Waals surface area contributed by atoms with Crippen molar-refractivity contribution in [1.29, 1.82) is 0 Å². The summed E-state index contributed by atoms with van der Waals surface area (Å²) in [6.07, 6.45) is -0.544. The van der Waals surface area contributed by atoms with Crippen LogP contribution in [-0.4, -0.2) is 33.9 Å². The lowest BCUT2D eigenvalue weighted by atomic mass is 10.2. The molecule has 7 heteroatoms. The second-order valence-electron chi connectivity index (χ2n) is 4.17. The van der Waals surface area contributed by atoms with Gasteiger partial charge in [-0.3, -0.25) is 14.6 Å². The number of carbonyl (C=O) groups excluding carboxylic acids is 1. The largest absolute Gasteiger partial charge is 0.481 e. The molecule has 0 atom stereocenters. The molecular weight excluding hydrogens is 252 g/mol. The Bertz CT molecular complexity index is 685. The SMILES string of the molecule is CN(Cc1ccc2[nH]c(=O)oc2c1)C(=O)CC(=O)O. The Hall–Kier alpha value is -2.57. The van der Waals surface area contributed by atoms with Gasteiger partial charge < -0.3 is 14.4 Å². The molecule has 0 aliphatic rings. The maximum absolute atomic E-state index is 11.5. The zero-order valence-electron chi connectivity index (χ0n) is 10.2. The molecule has 7 nitrogen and oxygen atoms in total. The third-order valence-corrected chi connectivity index (χ3v) is 2.63. The molecule has 100 valence electrons. The van der Waals surface area contributed by atoms with Gasteiger partial charge in [0.05, 0.1) is 5.52 Å². The number of H-pyrrole nitrogens is 1. The smallest absolute Gasteiger partial charge is 0.417 e. The van der Waals surface area contributed by atoms with Crippen LogP contribution >= 0.6 is 0 Å². The van der Waals surface area contributed by atoms with Crippen molar-refractivity contribution in [3.8, 4) is 0 Å². The van der Waals surface area contributed by atoms with Gasteiger partial charge in [0.2, 0.25) is 5.91 Å². The summed E-state index contributed by atoms with van der Waals surface area (Å²) in [6, 6.07) is 5.04. The van der Waals surface area contributed by atoms with Crippen LogP contribution in [0.4, 0.5) is 0 Å². The predicted molar refractivity (Wildman–Crippen MR) is 65.6 cm³/mol. The number of benzene rings is 1. The molecule has 0 aliphatic carbocycles. The van der Waals surface area contributed by atoms with Crippen LogP contribution in [0.3, 0.4) is 0 Å². The Labute approximate surface area is 107 Å². The third kappa shape index (κ3) is 3.01. The second-order valence-corrected chi connectivity index (χ2v) is 4.17. The van der Waals surface area contributed by atoms with E-state index in [0.29, 0.717) is 11.1 Å². The van der Waals surface area contributed by atoms with Crippen molar-refractivity contribution in [2.75, 3.05) is 7.05 Å². The van der Waals surface area contributed by atoms with Crippen LogP contribution in [-0.2, 0) is 16.1 Å². The van der Waals surface area contributed by atoms with Crippen molar-refractivity contribution in [2.45, 2.75) is 13.0 Å². The van der Waals surface area contributed by atoms with E-state index in [1.165, 1.54) is 11.9 Å². The first-order valence-electron chi connectivity index (χ1n) is 5.53. The molecule has 19 heavy (non-hydrogen) atoms. The highest BCUT2D eigenvalue weighted by atomic mass is 16.4. The summed E-state index contributed by atoms with van der Waals surface area (Å²) in [6.45, 7) is 0.247. The zero-order chi connectivity index (χ0) is 14.0. The van der Waals surface area contributed by atoms with Crippen molar-refractivity contribution in [3.63, 3.8) is 0 Å². The topological polar surface area (TPSA) is 104 Å². The number of amides is 1. The van der Waals surface area contributed by atoms with Gasteiger partial charge in [-0.1, -0.05) is 6.07 Å². The van der Waals surface area contributed by atoms with Gasteiger partial charge in [-0.2, -0.15) is 0 Å². The van der Waals surface area contributed by atoms with E-state index in [0.717, 1.165) is 5.56 Å². The van der Waals surface area contributed by atoms with E-state index in [4.69, 9.17) is 9.52 Å². The van der Waals surface area contributed by atoms with Crippen LogP contribution < -0.4 is 5.76 Å². The Morgan fingerprint density at radius 2 is 2.16 bits per heavy atom. The monoisotopic (exact) mass is 264 g/mol. The van der Waals surface area contributed by atoms with E-state index in [-0.39, 0.29) is 6.54 Å². The highest BCUT2D eigenvalue weighted by Crippen LogP contribution is 2.13. The maximum atomic E-state index is 11.5. The molecule has 0 aliphatic heterocycles. The molecule has 0 bridgehead atoms. The summed E-state index contributed by atoms with van der Waals surface area (Å²) in [5, 5.41) is 8.54. The summed E-state index contributed by atoms with van der Waals surface area (Å²) in [4.78, 5) is 36.7. The van der Waals surface area contributed by atoms with Gasteiger partial charge in [-0.15, -0.1) is 0 Å². The van der Waals surface area contributed by atoms with Crippen LogP contribution in [0, 0.1) is 0 Å². The van der Waals surface area contributed by atoms with E-state index < -0.39 is 24.1 Å². The van der Waals surface area contributed by atoms with E-state index in [1.807, 2.05) is 0 Å². The average molecular weight is 264 g/mol. The highest BCUT2D eigenvalue weighted by Gasteiger charge is 2.13. The van der Waals surface area contributed by atoms with Gasteiger partial charge in [-0.05, 0) is 17.7 Å². The normalized spacial score (nSPS) is 10.6. The number of fused-ring (bicyclic) bond motifs is 1. The summed E-state index contributed by atoms with van der Waals surface area (Å²) < 4.78 is 4.91. The van der Waals surface area contributed by atoms with E-state index in [2.05, 4.69) is 4.98 Å². The molecule has 0 fully saturated rings. The van der Waals surface area contributed by atoms with Crippen LogP contribution in [0.2, 0.25) is 0 Å². The number of nitrogens with one attached hydrogen (secondary N) is 1. The first kappa shape index (κ1) is 12.9. The molecule has 2 N–H and O–H groups in total. The number of carboxylic acid groups (broad SMARTS) is 1. The van der Waals surface area contributed by atoms with Crippen molar-refractivity contribution in [2.24, 2.45) is 0 Å². The van der Waals surface area contributed by atoms with Crippen LogP contribution in [0.5, 0.6) is 0 Å². The summed E-state index contributed by atoms with van der Waals surface area (Å²) in [5.41, 5.74) is 1.73. The predicted octanol–water partition coefficient (Wildman–Crippen LogP) is 0.554. The number of oxazole rings is 1. The highest BCUT2D eigenvalue weighted by molar-refractivity contribution is 5.93. The quantitative estimate of drug-likeness (QED) is 0.785. The number of aliphatic carboxylic acids is 1. The van der Waals surface area contributed by atoms with Gasteiger partial charge in [0, 0.05) is 13.6 Å². The fourth-order valence-electron chi connectivity index (χ4n) is 1.71. The van der Waals surface area contributed by atoms with Crippen molar-refractivity contribution < 1.29 is 19.1 Å². The van der Waals surface area contributed by atoms with Gasteiger partial charge in [0.15, 0.2) is 5.58 Å². The number of rotatable bonds is 4. The molecule has 2 rings (SSSR count). The lowest BCUT2D eigenvalue weighted by Gasteiger charge is -2.16. The molecule has 0 radical (unpaired) electrons. The van der Waals surface area contributed by atoms with E-state index in [1.54, 1.807) is 18.2 Å². The van der Waals surface area contributed by atoms with Gasteiger partial charge in [0.1, 0.15) is 6.42 Å². The minimum Gasteiger partial charge on any atom is -0.481 e. The number of carbonyl (C=O) groups is 2. The van der Waals surface area contributed by atoms with Crippen LogP contribution in [0.1, 0.15) is 12.0 Å². The molecule has 1 heterocycles.